The van der Waals surface area contributed by atoms with Gasteiger partial charge in [0.2, 0.25) is 15.9 Å². The second-order valence-electron chi connectivity index (χ2n) is 5.29. The molecule has 0 aliphatic rings. The highest BCUT2D eigenvalue weighted by molar-refractivity contribution is 7.98. The van der Waals surface area contributed by atoms with Crippen molar-refractivity contribution in [1.29, 1.82) is 0 Å². The average molecular weight is 364 g/mol. The first-order valence-electron chi connectivity index (χ1n) is 7.33. The molecule has 24 heavy (non-hydrogen) atoms. The zero-order chi connectivity index (χ0) is 17.7. The summed E-state index contributed by atoms with van der Waals surface area (Å²) in [5, 5.41) is 2.67. The zero-order valence-corrected chi connectivity index (χ0v) is 15.4. The molecule has 2 N–H and O–H groups in total. The Morgan fingerprint density at radius 1 is 1.17 bits per heavy atom. The van der Waals surface area contributed by atoms with Crippen molar-refractivity contribution in [2.75, 3.05) is 11.6 Å². The SMILES string of the molecule is CSc1ccc(S(=O)(=O)NCc2ccccc2C)cc1NC(C)=O. The van der Waals surface area contributed by atoms with Crippen molar-refractivity contribution in [3.63, 3.8) is 0 Å². The summed E-state index contributed by atoms with van der Waals surface area (Å²) in [4.78, 5) is 12.2. The highest BCUT2D eigenvalue weighted by Gasteiger charge is 2.16. The monoisotopic (exact) mass is 364 g/mol. The van der Waals surface area contributed by atoms with E-state index in [1.165, 1.54) is 30.8 Å². The van der Waals surface area contributed by atoms with Crippen molar-refractivity contribution < 1.29 is 13.2 Å². The van der Waals surface area contributed by atoms with Gasteiger partial charge in [0.05, 0.1) is 10.6 Å². The Morgan fingerprint density at radius 3 is 2.50 bits per heavy atom. The third kappa shape index (κ3) is 4.59. The van der Waals surface area contributed by atoms with Crippen LogP contribution in [-0.4, -0.2) is 20.6 Å². The van der Waals surface area contributed by atoms with Gasteiger partial charge in [-0.05, 0) is 42.5 Å². The van der Waals surface area contributed by atoms with Crippen molar-refractivity contribution in [3.05, 3.63) is 53.6 Å². The summed E-state index contributed by atoms with van der Waals surface area (Å²) in [6.07, 6.45) is 1.87. The lowest BCUT2D eigenvalue weighted by atomic mass is 10.1. The molecule has 0 aromatic heterocycles. The van der Waals surface area contributed by atoms with Crippen molar-refractivity contribution in [3.8, 4) is 0 Å². The Morgan fingerprint density at radius 2 is 1.88 bits per heavy atom. The Hall–Kier alpha value is -1.83. The number of benzene rings is 2. The van der Waals surface area contributed by atoms with Crippen molar-refractivity contribution in [1.82, 2.24) is 4.72 Å². The molecule has 1 amide bonds. The van der Waals surface area contributed by atoms with E-state index in [0.717, 1.165) is 16.0 Å². The largest absolute Gasteiger partial charge is 0.325 e. The molecule has 0 atom stereocenters. The fourth-order valence-corrected chi connectivity index (χ4v) is 3.77. The molecule has 2 aromatic carbocycles. The van der Waals surface area contributed by atoms with Gasteiger partial charge in [-0.2, -0.15) is 0 Å². The van der Waals surface area contributed by atoms with Crippen LogP contribution in [0.4, 0.5) is 5.69 Å². The second-order valence-corrected chi connectivity index (χ2v) is 7.91. The first kappa shape index (κ1) is 18.5. The van der Waals surface area contributed by atoms with Gasteiger partial charge in [-0.15, -0.1) is 11.8 Å². The number of rotatable bonds is 6. The van der Waals surface area contributed by atoms with Gasteiger partial charge in [0.15, 0.2) is 0 Å². The van der Waals surface area contributed by atoms with Crippen LogP contribution < -0.4 is 10.0 Å². The highest BCUT2D eigenvalue weighted by Crippen LogP contribution is 2.28. The number of hydrogen-bond acceptors (Lipinski definition) is 4. The number of nitrogens with one attached hydrogen (secondary N) is 2. The molecule has 0 saturated heterocycles. The molecule has 0 aliphatic carbocycles. The number of sulfonamides is 1. The van der Waals surface area contributed by atoms with Gasteiger partial charge >= 0.3 is 0 Å². The molecule has 0 aliphatic heterocycles. The summed E-state index contributed by atoms with van der Waals surface area (Å²) >= 11 is 1.44. The van der Waals surface area contributed by atoms with Gasteiger partial charge in [0.25, 0.3) is 0 Å². The summed E-state index contributed by atoms with van der Waals surface area (Å²) in [6.45, 7) is 3.54. The summed E-state index contributed by atoms with van der Waals surface area (Å²) in [7, 11) is -3.67. The topological polar surface area (TPSA) is 75.3 Å². The third-order valence-corrected chi connectivity index (χ3v) is 5.70. The molecule has 0 unspecified atom stereocenters. The van der Waals surface area contributed by atoms with Crippen LogP contribution >= 0.6 is 11.8 Å². The second kappa shape index (κ2) is 7.83. The van der Waals surface area contributed by atoms with E-state index in [0.29, 0.717) is 5.69 Å². The van der Waals surface area contributed by atoms with E-state index in [2.05, 4.69) is 10.0 Å². The van der Waals surface area contributed by atoms with Gasteiger partial charge in [-0.25, -0.2) is 13.1 Å². The predicted molar refractivity (Wildman–Crippen MR) is 97.7 cm³/mol. The molecule has 0 heterocycles. The minimum absolute atomic E-state index is 0.123. The van der Waals surface area contributed by atoms with Crippen LogP contribution in [0.1, 0.15) is 18.1 Å². The lowest BCUT2D eigenvalue weighted by molar-refractivity contribution is -0.114. The number of aryl methyl sites for hydroxylation is 1. The van der Waals surface area contributed by atoms with Gasteiger partial charge in [0, 0.05) is 18.4 Å². The number of carbonyl (C=O) groups is 1. The van der Waals surface area contributed by atoms with Crippen LogP contribution in [0.5, 0.6) is 0 Å². The van der Waals surface area contributed by atoms with Crippen molar-refractivity contribution in [2.24, 2.45) is 0 Å². The van der Waals surface area contributed by atoms with E-state index in [-0.39, 0.29) is 17.3 Å². The molecule has 2 rings (SSSR count). The van der Waals surface area contributed by atoms with Crippen LogP contribution in [0, 0.1) is 6.92 Å². The molecule has 0 bridgehead atoms. The fourth-order valence-electron chi connectivity index (χ4n) is 2.21. The van der Waals surface area contributed by atoms with E-state index >= 15 is 0 Å². The molecule has 7 heteroatoms. The van der Waals surface area contributed by atoms with Crippen molar-refractivity contribution in [2.45, 2.75) is 30.2 Å². The van der Waals surface area contributed by atoms with E-state index in [1.807, 2.05) is 37.4 Å². The number of amides is 1. The lowest BCUT2D eigenvalue weighted by Gasteiger charge is -2.12. The van der Waals surface area contributed by atoms with Crippen LogP contribution in [0.2, 0.25) is 0 Å². The van der Waals surface area contributed by atoms with Gasteiger partial charge in [-0.3, -0.25) is 4.79 Å². The van der Waals surface area contributed by atoms with Crippen LogP contribution in [0.25, 0.3) is 0 Å². The van der Waals surface area contributed by atoms with Crippen LogP contribution in [0.3, 0.4) is 0 Å². The maximum atomic E-state index is 12.5. The number of anilines is 1. The molecule has 0 radical (unpaired) electrons. The molecule has 0 fully saturated rings. The molecule has 5 nitrogen and oxygen atoms in total. The smallest absolute Gasteiger partial charge is 0.240 e. The van der Waals surface area contributed by atoms with E-state index in [4.69, 9.17) is 0 Å². The molecule has 2 aromatic rings. The summed E-state index contributed by atoms with van der Waals surface area (Å²) in [6, 6.07) is 12.3. The Kier molecular flexibility index (Phi) is 6.04. The third-order valence-electron chi connectivity index (χ3n) is 3.51. The van der Waals surface area contributed by atoms with Crippen molar-refractivity contribution >= 4 is 33.4 Å². The standard InChI is InChI=1S/C17H20N2O3S2/c1-12-6-4-5-7-14(12)11-18-24(21,22)15-8-9-17(23-3)16(10-15)19-13(2)20/h4-10,18H,11H2,1-3H3,(H,19,20). The number of hydrogen-bond donors (Lipinski definition) is 2. The lowest BCUT2D eigenvalue weighted by Crippen LogP contribution is -2.24. The first-order chi connectivity index (χ1) is 11.3. The number of carbonyl (C=O) groups excluding carboxylic acids is 1. The number of thioether (sulfide) groups is 1. The summed E-state index contributed by atoms with van der Waals surface area (Å²) in [5.41, 5.74) is 2.44. The van der Waals surface area contributed by atoms with Gasteiger partial charge < -0.3 is 5.32 Å². The minimum atomic E-state index is -3.67. The van der Waals surface area contributed by atoms with E-state index in [9.17, 15) is 13.2 Å². The van der Waals surface area contributed by atoms with Crippen LogP contribution in [0.15, 0.2) is 52.3 Å². The minimum Gasteiger partial charge on any atom is -0.325 e. The first-order valence-corrected chi connectivity index (χ1v) is 10.0. The molecular weight excluding hydrogens is 344 g/mol. The molecule has 128 valence electrons. The van der Waals surface area contributed by atoms with E-state index < -0.39 is 10.0 Å². The fraction of sp³-hybridized carbons (Fsp3) is 0.235. The molecule has 0 saturated carbocycles. The normalized spacial score (nSPS) is 11.3. The van der Waals surface area contributed by atoms with E-state index in [1.54, 1.807) is 6.07 Å². The molecule has 0 spiro atoms. The Balaban J connectivity index is 2.25. The molecular formula is C17H20N2O3S2. The average Bonchev–Trinajstić information content (AvgIpc) is 2.53. The quantitative estimate of drug-likeness (QED) is 0.772. The predicted octanol–water partition coefficient (Wildman–Crippen LogP) is 3.15. The van der Waals surface area contributed by atoms with Gasteiger partial charge in [0.1, 0.15) is 0 Å². The maximum absolute atomic E-state index is 12.5. The van der Waals surface area contributed by atoms with Crippen LogP contribution in [-0.2, 0) is 21.4 Å². The Bertz CT molecular complexity index is 849. The zero-order valence-electron chi connectivity index (χ0n) is 13.8. The Labute approximate surface area is 146 Å². The maximum Gasteiger partial charge on any atom is 0.240 e. The summed E-state index contributed by atoms with van der Waals surface area (Å²) < 4.78 is 27.7. The highest BCUT2D eigenvalue weighted by atomic mass is 32.2. The summed E-state index contributed by atoms with van der Waals surface area (Å²) in [5.74, 6) is -0.243. The van der Waals surface area contributed by atoms with Gasteiger partial charge in [-0.1, -0.05) is 24.3 Å².